The van der Waals surface area contributed by atoms with Gasteiger partial charge in [0.05, 0.1) is 11.1 Å². The molecule has 0 aliphatic rings. The summed E-state index contributed by atoms with van der Waals surface area (Å²) in [7, 11) is -4.78. The molecule has 0 N–H and O–H groups in total. The standard InChI is InChI=1S/C16H10F6O4S/c1-9(23)10-3-2-4-14(5-10)27(24,25)26-13-7-11(15(17,18)19)6-12(8-13)16(20,21)22/h2-8H,1H3. The van der Waals surface area contributed by atoms with Crippen molar-refractivity contribution < 1.29 is 43.7 Å². The third kappa shape index (κ3) is 5.00. The van der Waals surface area contributed by atoms with Gasteiger partial charge < -0.3 is 4.18 Å². The van der Waals surface area contributed by atoms with Crippen molar-refractivity contribution in [3.05, 3.63) is 59.2 Å². The summed E-state index contributed by atoms with van der Waals surface area (Å²) >= 11 is 0. The lowest BCUT2D eigenvalue weighted by Crippen LogP contribution is -2.14. The summed E-state index contributed by atoms with van der Waals surface area (Å²) in [4.78, 5) is 10.7. The quantitative estimate of drug-likeness (QED) is 0.415. The number of carbonyl (C=O) groups excluding carboxylic acids is 1. The summed E-state index contributed by atoms with van der Waals surface area (Å²) in [5.41, 5.74) is -3.47. The van der Waals surface area contributed by atoms with Crippen molar-refractivity contribution in [3.63, 3.8) is 0 Å². The Labute approximate surface area is 149 Å². The van der Waals surface area contributed by atoms with Crippen molar-refractivity contribution >= 4 is 15.9 Å². The van der Waals surface area contributed by atoms with Crippen LogP contribution in [0.25, 0.3) is 0 Å². The molecule has 2 rings (SSSR count). The molecule has 2 aromatic rings. The van der Waals surface area contributed by atoms with Crippen LogP contribution in [0, 0.1) is 0 Å². The molecule has 0 unspecified atom stereocenters. The Morgan fingerprint density at radius 1 is 0.889 bits per heavy atom. The Kier molecular flexibility index (Phi) is 5.28. The van der Waals surface area contributed by atoms with Gasteiger partial charge in [-0.3, -0.25) is 4.79 Å². The highest BCUT2D eigenvalue weighted by molar-refractivity contribution is 7.87. The fraction of sp³-hybridized carbons (Fsp3) is 0.188. The van der Waals surface area contributed by atoms with Gasteiger partial charge in [-0.2, -0.15) is 34.8 Å². The molecular weight excluding hydrogens is 402 g/mol. The number of Topliss-reactive ketones (excluding diaryl/α,β-unsaturated/α-hetero) is 1. The van der Waals surface area contributed by atoms with Crippen LogP contribution in [0.5, 0.6) is 5.75 Å². The van der Waals surface area contributed by atoms with Crippen molar-refractivity contribution in [3.8, 4) is 5.75 Å². The molecule has 2 aromatic carbocycles. The van der Waals surface area contributed by atoms with Gasteiger partial charge in [-0.25, -0.2) is 0 Å². The molecule has 0 atom stereocenters. The number of hydrogen-bond donors (Lipinski definition) is 0. The van der Waals surface area contributed by atoms with E-state index in [4.69, 9.17) is 0 Å². The van der Waals surface area contributed by atoms with Crippen molar-refractivity contribution in [2.45, 2.75) is 24.2 Å². The minimum absolute atomic E-state index is 0.0281. The molecule has 27 heavy (non-hydrogen) atoms. The fourth-order valence-electron chi connectivity index (χ4n) is 2.02. The normalized spacial score (nSPS) is 12.7. The predicted octanol–water partition coefficient (Wildman–Crippen LogP) is 4.69. The van der Waals surface area contributed by atoms with Gasteiger partial charge in [0.25, 0.3) is 0 Å². The lowest BCUT2D eigenvalue weighted by Gasteiger charge is -2.14. The highest BCUT2D eigenvalue weighted by atomic mass is 32.2. The van der Waals surface area contributed by atoms with Gasteiger partial charge in [0, 0.05) is 5.56 Å². The molecule has 0 saturated heterocycles. The highest BCUT2D eigenvalue weighted by Gasteiger charge is 2.37. The molecule has 4 nitrogen and oxygen atoms in total. The number of ketones is 1. The van der Waals surface area contributed by atoms with Gasteiger partial charge in [0.15, 0.2) is 5.78 Å². The first kappa shape index (κ1) is 20.7. The van der Waals surface area contributed by atoms with Crippen LogP contribution >= 0.6 is 0 Å². The predicted molar refractivity (Wildman–Crippen MR) is 80.7 cm³/mol. The molecule has 0 aliphatic heterocycles. The third-order valence-corrected chi connectivity index (χ3v) is 4.54. The van der Waals surface area contributed by atoms with E-state index >= 15 is 0 Å². The maximum Gasteiger partial charge on any atom is 0.416 e. The molecule has 146 valence electrons. The molecular formula is C16H10F6O4S. The minimum atomic E-state index is -5.16. The van der Waals surface area contributed by atoms with E-state index in [0.717, 1.165) is 19.1 Å². The lowest BCUT2D eigenvalue weighted by molar-refractivity contribution is -0.143. The van der Waals surface area contributed by atoms with Gasteiger partial charge in [0.2, 0.25) is 0 Å². The van der Waals surface area contributed by atoms with Gasteiger partial charge in [-0.15, -0.1) is 0 Å². The fourth-order valence-corrected chi connectivity index (χ4v) is 2.98. The second-order valence-corrected chi connectivity index (χ2v) is 6.91. The molecule has 0 radical (unpaired) electrons. The van der Waals surface area contributed by atoms with E-state index in [9.17, 15) is 39.6 Å². The molecule has 11 heteroatoms. The highest BCUT2D eigenvalue weighted by Crippen LogP contribution is 2.38. The molecule has 0 bridgehead atoms. The lowest BCUT2D eigenvalue weighted by atomic mass is 10.1. The zero-order valence-corrected chi connectivity index (χ0v) is 14.2. The van der Waals surface area contributed by atoms with E-state index < -0.39 is 50.0 Å². The maximum atomic E-state index is 12.8. The SMILES string of the molecule is CC(=O)c1cccc(S(=O)(=O)Oc2cc(C(F)(F)F)cc(C(F)(F)F)c2)c1. The summed E-state index contributed by atoms with van der Waals surface area (Å²) in [6, 6.07) is 4.47. The summed E-state index contributed by atoms with van der Waals surface area (Å²) in [5.74, 6) is -1.66. The van der Waals surface area contributed by atoms with Crippen molar-refractivity contribution in [2.24, 2.45) is 0 Å². The number of benzene rings is 2. The van der Waals surface area contributed by atoms with E-state index in [0.29, 0.717) is 0 Å². The topological polar surface area (TPSA) is 60.4 Å². The molecule has 0 aliphatic carbocycles. The summed E-state index contributed by atoms with van der Waals surface area (Å²) in [5, 5.41) is 0. The second kappa shape index (κ2) is 6.87. The van der Waals surface area contributed by atoms with Crippen LogP contribution in [0.15, 0.2) is 47.4 Å². The van der Waals surface area contributed by atoms with E-state index in [1.54, 1.807) is 0 Å². The Bertz CT molecular complexity index is 945. The zero-order chi connectivity index (χ0) is 20.6. The van der Waals surface area contributed by atoms with Gasteiger partial charge in [-0.05, 0) is 37.3 Å². The summed E-state index contributed by atoms with van der Waals surface area (Å²) in [6.07, 6.45) is -10.3. The average Bonchev–Trinajstić information content (AvgIpc) is 2.52. The smallest absolute Gasteiger partial charge is 0.379 e. The maximum absolute atomic E-state index is 12.8. The number of halogens is 6. The van der Waals surface area contributed by atoms with E-state index in [2.05, 4.69) is 4.18 Å². The molecule has 0 spiro atoms. The molecule has 0 fully saturated rings. The Balaban J connectivity index is 2.52. The van der Waals surface area contributed by atoms with Crippen LogP contribution in [0.3, 0.4) is 0 Å². The summed E-state index contributed by atoms with van der Waals surface area (Å²) in [6.45, 7) is 1.15. The van der Waals surface area contributed by atoms with Crippen LogP contribution in [0.4, 0.5) is 26.3 Å². The van der Waals surface area contributed by atoms with Crippen LogP contribution in [0.1, 0.15) is 28.4 Å². The van der Waals surface area contributed by atoms with Gasteiger partial charge >= 0.3 is 22.5 Å². The number of rotatable bonds is 4. The molecule has 0 heterocycles. The largest absolute Gasteiger partial charge is 0.416 e. The second-order valence-electron chi connectivity index (χ2n) is 5.36. The van der Waals surface area contributed by atoms with Gasteiger partial charge in [-0.1, -0.05) is 12.1 Å². The van der Waals surface area contributed by atoms with Crippen LogP contribution in [0.2, 0.25) is 0 Å². The monoisotopic (exact) mass is 412 g/mol. The minimum Gasteiger partial charge on any atom is -0.379 e. The first-order chi connectivity index (χ1) is 12.2. The number of carbonyl (C=O) groups is 1. The van der Waals surface area contributed by atoms with Crippen molar-refractivity contribution in [2.75, 3.05) is 0 Å². The van der Waals surface area contributed by atoms with Crippen LogP contribution in [-0.4, -0.2) is 14.2 Å². The Morgan fingerprint density at radius 3 is 1.85 bits per heavy atom. The first-order valence-corrected chi connectivity index (χ1v) is 8.46. The molecule has 0 saturated carbocycles. The van der Waals surface area contributed by atoms with Gasteiger partial charge in [0.1, 0.15) is 10.6 Å². The Morgan fingerprint density at radius 2 is 1.41 bits per heavy atom. The Hall–Kier alpha value is -2.56. The van der Waals surface area contributed by atoms with E-state index in [1.807, 2.05) is 0 Å². The number of alkyl halides is 6. The van der Waals surface area contributed by atoms with Crippen molar-refractivity contribution in [1.29, 1.82) is 0 Å². The summed E-state index contributed by atoms with van der Waals surface area (Å²) < 4.78 is 106. The zero-order valence-electron chi connectivity index (χ0n) is 13.4. The third-order valence-electron chi connectivity index (χ3n) is 3.30. The van der Waals surface area contributed by atoms with Crippen LogP contribution in [-0.2, 0) is 22.5 Å². The van der Waals surface area contributed by atoms with E-state index in [-0.39, 0.29) is 23.8 Å². The average molecular weight is 412 g/mol. The van der Waals surface area contributed by atoms with E-state index in [1.165, 1.54) is 12.1 Å². The van der Waals surface area contributed by atoms with Crippen molar-refractivity contribution in [1.82, 2.24) is 0 Å². The molecule has 0 amide bonds. The molecule has 0 aromatic heterocycles. The number of hydrogen-bond acceptors (Lipinski definition) is 4. The van der Waals surface area contributed by atoms with Crippen LogP contribution < -0.4 is 4.18 Å². The first-order valence-electron chi connectivity index (χ1n) is 7.05.